The van der Waals surface area contributed by atoms with E-state index in [-0.39, 0.29) is 19.4 Å². The second-order valence-electron chi connectivity index (χ2n) is 17.6. The lowest BCUT2D eigenvalue weighted by molar-refractivity contribution is -0.332. The van der Waals surface area contributed by atoms with Crippen molar-refractivity contribution in [2.24, 2.45) is 0 Å². The highest BCUT2D eigenvalue weighted by molar-refractivity contribution is 5.70. The van der Waals surface area contributed by atoms with Crippen molar-refractivity contribution in [1.82, 2.24) is 0 Å². The number of esters is 2. The van der Waals surface area contributed by atoms with Gasteiger partial charge in [0.1, 0.15) is 55.4 Å². The van der Waals surface area contributed by atoms with Crippen molar-refractivity contribution in [3.63, 3.8) is 0 Å². The Bertz CT molecular complexity index is 1520. The van der Waals surface area contributed by atoms with Crippen LogP contribution in [-0.4, -0.2) is 142 Å². The number of carbonyl (C=O) groups is 2. The molecule has 0 aromatic heterocycles. The van der Waals surface area contributed by atoms with Crippen LogP contribution in [0.4, 0.5) is 0 Å². The summed E-state index contributed by atoms with van der Waals surface area (Å²) in [6.07, 6.45) is 31.8. The SMILES string of the molecule is CC/C=C/C/C=C/C/C=C/C/C=C/C/C=C/CCCCCC(=O)O[C@H](COC(=O)CCCCCCC/C=C/C/C=C/CCCC)CO[C@H]1O[C@@H](CO[C@H]2O[C@@H](CO)[C@@H](O)C(O)C2O)[C@@H](O)C(O)C1O. The standard InChI is InChI=1S/C54H88O15/c1-3-5-7-9-11-13-15-17-19-20-21-22-23-25-27-29-31-33-35-37-46(57)67-42(39-64-45(56)36-34-32-30-28-26-24-18-16-14-12-10-8-6-4-2)40-65-53-52(63)50(61)48(59)44(69-53)41-66-54-51(62)49(60)47(58)43(38-55)68-54/h5,7,10-13,16-19,21-22,25,27,42-44,47-55,58-63H,3-4,6,8-9,14-15,20,23-24,26,28-41H2,1-2H3/b7-5+,12-10+,13-11+,18-16+,19-17+,22-21+,27-25+/t42-,43+,44+,47-,48-,49?,50?,51?,52?,53+,54+/m1/s1. The van der Waals surface area contributed by atoms with Gasteiger partial charge < -0.3 is 64.2 Å². The summed E-state index contributed by atoms with van der Waals surface area (Å²) < 4.78 is 33.5. The summed E-state index contributed by atoms with van der Waals surface area (Å²) in [5, 5.41) is 72.1. The molecule has 2 rings (SSSR count). The molecule has 394 valence electrons. The smallest absolute Gasteiger partial charge is 0.306 e. The quantitative estimate of drug-likeness (QED) is 0.0184. The molecule has 0 aliphatic carbocycles. The monoisotopic (exact) mass is 977 g/mol. The maximum absolute atomic E-state index is 13.0. The predicted molar refractivity (Wildman–Crippen MR) is 265 cm³/mol. The topological polar surface area (TPSA) is 231 Å². The Labute approximate surface area is 412 Å². The fourth-order valence-electron chi connectivity index (χ4n) is 7.38. The molecule has 11 atom stereocenters. The summed E-state index contributed by atoms with van der Waals surface area (Å²) >= 11 is 0. The first kappa shape index (κ1) is 61.8. The minimum atomic E-state index is -1.78. The van der Waals surface area contributed by atoms with E-state index in [1.807, 2.05) is 0 Å². The van der Waals surface area contributed by atoms with Crippen molar-refractivity contribution in [3.8, 4) is 0 Å². The van der Waals surface area contributed by atoms with Gasteiger partial charge in [-0.25, -0.2) is 0 Å². The van der Waals surface area contributed by atoms with Crippen LogP contribution in [0.1, 0.15) is 149 Å². The van der Waals surface area contributed by atoms with E-state index in [9.17, 15) is 45.3 Å². The van der Waals surface area contributed by atoms with Crippen molar-refractivity contribution in [1.29, 1.82) is 0 Å². The van der Waals surface area contributed by atoms with Gasteiger partial charge in [-0.15, -0.1) is 0 Å². The molecule has 2 heterocycles. The van der Waals surface area contributed by atoms with E-state index < -0.39 is 99.3 Å². The number of rotatable bonds is 38. The van der Waals surface area contributed by atoms with E-state index >= 15 is 0 Å². The Morgan fingerprint density at radius 1 is 0.478 bits per heavy atom. The Kier molecular flexibility index (Phi) is 36.1. The molecule has 2 aliphatic rings. The maximum atomic E-state index is 13.0. The Morgan fingerprint density at radius 3 is 1.45 bits per heavy atom. The van der Waals surface area contributed by atoms with Crippen molar-refractivity contribution >= 4 is 11.9 Å². The Balaban J connectivity index is 1.84. The van der Waals surface area contributed by atoms with E-state index in [0.717, 1.165) is 96.3 Å². The molecule has 0 bridgehead atoms. The van der Waals surface area contributed by atoms with Crippen LogP contribution in [0.15, 0.2) is 85.1 Å². The summed E-state index contributed by atoms with van der Waals surface area (Å²) in [7, 11) is 0. The second kappa shape index (κ2) is 40.3. The number of aliphatic hydroxyl groups is 7. The third kappa shape index (κ3) is 28.3. The highest BCUT2D eigenvalue weighted by Gasteiger charge is 2.47. The van der Waals surface area contributed by atoms with Crippen molar-refractivity contribution in [2.45, 2.75) is 216 Å². The normalized spacial score (nSPS) is 26.3. The summed E-state index contributed by atoms with van der Waals surface area (Å²) in [6, 6.07) is 0. The van der Waals surface area contributed by atoms with E-state index in [1.165, 1.54) is 12.8 Å². The third-order valence-electron chi connectivity index (χ3n) is 11.6. The van der Waals surface area contributed by atoms with E-state index in [0.29, 0.717) is 12.8 Å². The van der Waals surface area contributed by atoms with Crippen LogP contribution in [0.25, 0.3) is 0 Å². The zero-order valence-corrected chi connectivity index (χ0v) is 41.5. The second-order valence-corrected chi connectivity index (χ2v) is 17.6. The molecular weight excluding hydrogens is 889 g/mol. The molecule has 0 saturated carbocycles. The molecule has 0 amide bonds. The minimum absolute atomic E-state index is 0.118. The highest BCUT2D eigenvalue weighted by atomic mass is 16.7. The van der Waals surface area contributed by atoms with Crippen molar-refractivity contribution in [2.75, 3.05) is 26.4 Å². The van der Waals surface area contributed by atoms with Gasteiger partial charge in [0.05, 0.1) is 19.8 Å². The lowest BCUT2D eigenvalue weighted by Crippen LogP contribution is -2.61. The number of hydrogen-bond acceptors (Lipinski definition) is 15. The molecule has 15 heteroatoms. The third-order valence-corrected chi connectivity index (χ3v) is 11.6. The molecule has 2 fully saturated rings. The summed E-state index contributed by atoms with van der Waals surface area (Å²) in [5.41, 5.74) is 0. The molecule has 0 aromatic rings. The summed E-state index contributed by atoms with van der Waals surface area (Å²) in [5.74, 6) is -0.988. The first-order valence-corrected chi connectivity index (χ1v) is 25.7. The van der Waals surface area contributed by atoms with Gasteiger partial charge in [0.2, 0.25) is 0 Å². The van der Waals surface area contributed by atoms with Gasteiger partial charge in [-0.3, -0.25) is 9.59 Å². The van der Waals surface area contributed by atoms with Crippen LogP contribution >= 0.6 is 0 Å². The van der Waals surface area contributed by atoms with Gasteiger partial charge in [0.15, 0.2) is 18.7 Å². The van der Waals surface area contributed by atoms with Crippen molar-refractivity contribution in [3.05, 3.63) is 85.1 Å². The fourth-order valence-corrected chi connectivity index (χ4v) is 7.38. The Morgan fingerprint density at radius 2 is 0.913 bits per heavy atom. The number of unbranched alkanes of at least 4 members (excludes halogenated alkanes) is 10. The average molecular weight is 977 g/mol. The average Bonchev–Trinajstić information content (AvgIpc) is 3.34. The van der Waals surface area contributed by atoms with Gasteiger partial charge in [0, 0.05) is 12.8 Å². The number of aliphatic hydroxyl groups excluding tert-OH is 7. The van der Waals surface area contributed by atoms with Gasteiger partial charge >= 0.3 is 11.9 Å². The van der Waals surface area contributed by atoms with Crippen LogP contribution in [-0.2, 0) is 38.0 Å². The number of allylic oxidation sites excluding steroid dienone is 14. The molecule has 0 aromatic carbocycles. The van der Waals surface area contributed by atoms with Gasteiger partial charge in [0.25, 0.3) is 0 Å². The van der Waals surface area contributed by atoms with Gasteiger partial charge in [-0.1, -0.05) is 137 Å². The fraction of sp³-hybridized carbons (Fsp3) is 0.704. The van der Waals surface area contributed by atoms with Crippen LogP contribution < -0.4 is 0 Å². The molecule has 7 N–H and O–H groups in total. The highest BCUT2D eigenvalue weighted by Crippen LogP contribution is 2.26. The molecule has 2 saturated heterocycles. The predicted octanol–water partition coefficient (Wildman–Crippen LogP) is 7.21. The minimum Gasteiger partial charge on any atom is -0.462 e. The van der Waals surface area contributed by atoms with Gasteiger partial charge in [-0.05, 0) is 83.5 Å². The zero-order chi connectivity index (χ0) is 50.3. The van der Waals surface area contributed by atoms with Crippen LogP contribution in [0, 0.1) is 0 Å². The summed E-state index contributed by atoms with van der Waals surface area (Å²) in [6.45, 7) is 2.36. The van der Waals surface area contributed by atoms with Crippen LogP contribution in [0.2, 0.25) is 0 Å². The zero-order valence-electron chi connectivity index (χ0n) is 41.5. The number of hydrogen-bond donors (Lipinski definition) is 7. The molecule has 69 heavy (non-hydrogen) atoms. The van der Waals surface area contributed by atoms with E-state index in [1.54, 1.807) is 0 Å². The number of carbonyl (C=O) groups excluding carboxylic acids is 2. The number of ether oxygens (including phenoxy) is 6. The molecule has 15 nitrogen and oxygen atoms in total. The maximum Gasteiger partial charge on any atom is 0.306 e. The largest absolute Gasteiger partial charge is 0.462 e. The lowest BCUT2D eigenvalue weighted by atomic mass is 9.98. The molecular formula is C54H88O15. The van der Waals surface area contributed by atoms with Crippen molar-refractivity contribution < 1.29 is 73.8 Å². The van der Waals surface area contributed by atoms with Crippen LogP contribution in [0.3, 0.4) is 0 Å². The molecule has 0 spiro atoms. The van der Waals surface area contributed by atoms with Crippen LogP contribution in [0.5, 0.6) is 0 Å². The Hall–Kier alpha value is -3.32. The lowest BCUT2D eigenvalue weighted by Gasteiger charge is -2.42. The molecule has 4 unspecified atom stereocenters. The first-order chi connectivity index (χ1) is 33.5. The van der Waals surface area contributed by atoms with E-state index in [4.69, 9.17) is 28.4 Å². The molecule has 0 radical (unpaired) electrons. The first-order valence-electron chi connectivity index (χ1n) is 25.7. The van der Waals surface area contributed by atoms with E-state index in [2.05, 4.69) is 98.9 Å². The van der Waals surface area contributed by atoms with Gasteiger partial charge in [-0.2, -0.15) is 0 Å². The summed E-state index contributed by atoms with van der Waals surface area (Å²) in [4.78, 5) is 25.8. The molecule has 2 aliphatic heterocycles.